The molecule has 2 aromatic carbocycles. The molecule has 11 heteroatoms. The van der Waals surface area contributed by atoms with Crippen LogP contribution in [0.25, 0.3) is 0 Å². The van der Waals surface area contributed by atoms with E-state index in [2.05, 4.69) is 15.5 Å². The molecule has 0 fully saturated rings. The quantitative estimate of drug-likeness (QED) is 0.673. The van der Waals surface area contributed by atoms with E-state index in [-0.39, 0.29) is 28.8 Å². The molecule has 1 amide bonds. The Morgan fingerprint density at radius 3 is 2.21 bits per heavy atom. The van der Waals surface area contributed by atoms with E-state index in [4.69, 9.17) is 4.42 Å². The summed E-state index contributed by atoms with van der Waals surface area (Å²) < 4.78 is 65.9. The van der Waals surface area contributed by atoms with E-state index in [9.17, 15) is 26.4 Å². The molecule has 1 heterocycles. The van der Waals surface area contributed by atoms with Gasteiger partial charge < -0.3 is 4.42 Å². The molecular formula is C18H14F3N3O4S. The first-order valence-corrected chi connectivity index (χ1v) is 10.0. The highest BCUT2D eigenvalue weighted by Crippen LogP contribution is 2.29. The topological polar surface area (TPSA) is 102 Å². The van der Waals surface area contributed by atoms with Crippen LogP contribution in [0, 0.1) is 0 Å². The van der Waals surface area contributed by atoms with Gasteiger partial charge in [-0.2, -0.15) is 13.2 Å². The lowest BCUT2D eigenvalue weighted by Crippen LogP contribution is -2.13. The van der Waals surface area contributed by atoms with Crippen LogP contribution in [0.1, 0.15) is 27.4 Å². The van der Waals surface area contributed by atoms with Gasteiger partial charge in [0.05, 0.1) is 16.9 Å². The first-order valence-electron chi connectivity index (χ1n) is 8.12. The van der Waals surface area contributed by atoms with E-state index in [1.54, 1.807) is 12.1 Å². The number of hydrogen-bond donors (Lipinski definition) is 1. The van der Waals surface area contributed by atoms with Crippen LogP contribution < -0.4 is 5.32 Å². The summed E-state index contributed by atoms with van der Waals surface area (Å²) in [5.74, 6) is -0.536. The molecule has 0 aliphatic carbocycles. The summed E-state index contributed by atoms with van der Waals surface area (Å²) in [6.45, 7) is 0. The zero-order chi connectivity index (χ0) is 21.2. The van der Waals surface area contributed by atoms with Crippen molar-refractivity contribution in [3.05, 3.63) is 71.1 Å². The summed E-state index contributed by atoms with van der Waals surface area (Å²) in [7, 11) is -3.30. The van der Waals surface area contributed by atoms with E-state index < -0.39 is 27.5 Å². The van der Waals surface area contributed by atoms with Gasteiger partial charge in [-0.1, -0.05) is 17.2 Å². The van der Waals surface area contributed by atoms with Gasteiger partial charge in [-0.15, -0.1) is 5.10 Å². The zero-order valence-electron chi connectivity index (χ0n) is 14.9. The van der Waals surface area contributed by atoms with Crippen LogP contribution in [-0.2, 0) is 22.4 Å². The van der Waals surface area contributed by atoms with Crippen molar-refractivity contribution < 1.29 is 30.8 Å². The number of hydrogen-bond acceptors (Lipinski definition) is 6. The van der Waals surface area contributed by atoms with Crippen LogP contribution >= 0.6 is 0 Å². The lowest BCUT2D eigenvalue weighted by Gasteiger charge is -2.07. The predicted octanol–water partition coefficient (Wildman–Crippen LogP) is 3.34. The number of sulfone groups is 1. The van der Waals surface area contributed by atoms with Crippen molar-refractivity contribution in [1.82, 2.24) is 10.2 Å². The minimum absolute atomic E-state index is 0.00545. The largest absolute Gasteiger partial charge is 0.416 e. The summed E-state index contributed by atoms with van der Waals surface area (Å²) in [5, 5.41) is 9.76. The van der Waals surface area contributed by atoms with Crippen LogP contribution in [-0.4, -0.2) is 30.8 Å². The Balaban J connectivity index is 1.65. The van der Waals surface area contributed by atoms with Crippen LogP contribution in [0.5, 0.6) is 0 Å². The Morgan fingerprint density at radius 1 is 1.03 bits per heavy atom. The highest BCUT2D eigenvalue weighted by atomic mass is 32.2. The van der Waals surface area contributed by atoms with Gasteiger partial charge in [0.25, 0.3) is 5.91 Å². The van der Waals surface area contributed by atoms with Gasteiger partial charge in [-0.25, -0.2) is 8.42 Å². The van der Waals surface area contributed by atoms with Gasteiger partial charge >= 0.3 is 12.2 Å². The molecule has 0 bridgehead atoms. The molecule has 0 radical (unpaired) electrons. The van der Waals surface area contributed by atoms with E-state index in [0.717, 1.165) is 30.5 Å². The molecule has 3 aromatic rings. The van der Waals surface area contributed by atoms with E-state index >= 15 is 0 Å². The highest BCUT2D eigenvalue weighted by molar-refractivity contribution is 7.90. The van der Waals surface area contributed by atoms with Crippen molar-refractivity contribution in [1.29, 1.82) is 0 Å². The predicted molar refractivity (Wildman–Crippen MR) is 96.1 cm³/mol. The van der Waals surface area contributed by atoms with Crippen molar-refractivity contribution in [2.75, 3.05) is 11.6 Å². The maximum absolute atomic E-state index is 12.6. The number of carbonyl (C=O) groups is 1. The van der Waals surface area contributed by atoms with Crippen molar-refractivity contribution >= 4 is 21.8 Å². The van der Waals surface area contributed by atoms with Crippen LogP contribution in [0.2, 0.25) is 0 Å². The van der Waals surface area contributed by atoms with Crippen molar-refractivity contribution in [2.45, 2.75) is 17.5 Å². The van der Waals surface area contributed by atoms with Gasteiger partial charge in [0.15, 0.2) is 9.84 Å². The van der Waals surface area contributed by atoms with E-state index in [0.29, 0.717) is 5.56 Å². The number of aromatic nitrogens is 2. The monoisotopic (exact) mass is 425 g/mol. The SMILES string of the molecule is CS(=O)(=O)c1ccc(Cc2nnc(NC(=O)c3ccc(C(F)(F)F)cc3)o2)cc1. The number of carbonyl (C=O) groups excluding carboxylic acids is 1. The fourth-order valence-electron chi connectivity index (χ4n) is 2.38. The second-order valence-corrected chi connectivity index (χ2v) is 8.14. The minimum Gasteiger partial charge on any atom is -0.407 e. The van der Waals surface area contributed by atoms with Crippen molar-refractivity contribution in [3.8, 4) is 0 Å². The number of benzene rings is 2. The van der Waals surface area contributed by atoms with Crippen LogP contribution in [0.4, 0.5) is 19.2 Å². The van der Waals surface area contributed by atoms with Gasteiger partial charge in [-0.05, 0) is 42.0 Å². The van der Waals surface area contributed by atoms with Gasteiger partial charge in [0.2, 0.25) is 5.89 Å². The molecule has 1 N–H and O–H groups in total. The highest BCUT2D eigenvalue weighted by Gasteiger charge is 2.30. The molecule has 0 aliphatic rings. The normalized spacial score (nSPS) is 12.0. The van der Waals surface area contributed by atoms with Gasteiger partial charge in [-0.3, -0.25) is 10.1 Å². The molecule has 0 saturated heterocycles. The average molecular weight is 425 g/mol. The number of rotatable bonds is 5. The van der Waals surface area contributed by atoms with Crippen molar-refractivity contribution in [2.24, 2.45) is 0 Å². The molecule has 7 nitrogen and oxygen atoms in total. The first-order chi connectivity index (χ1) is 13.5. The van der Waals surface area contributed by atoms with E-state index in [1.165, 1.54) is 12.1 Å². The summed E-state index contributed by atoms with van der Waals surface area (Å²) in [5.41, 5.74) is -0.160. The first kappa shape index (κ1) is 20.5. The van der Waals surface area contributed by atoms with Crippen molar-refractivity contribution in [3.63, 3.8) is 0 Å². The Morgan fingerprint density at radius 2 is 1.66 bits per heavy atom. The number of halogens is 3. The third kappa shape index (κ3) is 5.19. The lowest BCUT2D eigenvalue weighted by molar-refractivity contribution is -0.137. The zero-order valence-corrected chi connectivity index (χ0v) is 15.7. The Labute approximate surface area is 163 Å². The Bertz CT molecular complexity index is 1120. The number of alkyl halides is 3. The van der Waals surface area contributed by atoms with Crippen LogP contribution in [0.15, 0.2) is 57.8 Å². The number of amides is 1. The average Bonchev–Trinajstić information content (AvgIpc) is 3.07. The summed E-state index contributed by atoms with van der Waals surface area (Å²) in [4.78, 5) is 12.3. The maximum Gasteiger partial charge on any atom is 0.416 e. The lowest BCUT2D eigenvalue weighted by atomic mass is 10.1. The molecule has 29 heavy (non-hydrogen) atoms. The third-order valence-corrected chi connectivity index (χ3v) is 5.00. The standard InChI is InChI=1S/C18H14F3N3O4S/c1-29(26,27)14-8-2-11(3-9-14)10-15-23-24-17(28-15)22-16(25)12-4-6-13(7-5-12)18(19,20)21/h2-9H,10H2,1H3,(H,22,24,25). The third-order valence-electron chi connectivity index (χ3n) is 3.87. The molecule has 3 rings (SSSR count). The second-order valence-electron chi connectivity index (χ2n) is 6.12. The summed E-state index contributed by atoms with van der Waals surface area (Å²) in [6, 6.07) is 9.57. The fraction of sp³-hybridized carbons (Fsp3) is 0.167. The van der Waals surface area contributed by atoms with Gasteiger partial charge in [0.1, 0.15) is 0 Å². The number of nitrogens with one attached hydrogen (secondary N) is 1. The van der Waals surface area contributed by atoms with Crippen LogP contribution in [0.3, 0.4) is 0 Å². The molecule has 0 aliphatic heterocycles. The smallest absolute Gasteiger partial charge is 0.407 e. The van der Waals surface area contributed by atoms with E-state index in [1.807, 2.05) is 0 Å². The minimum atomic E-state index is -4.49. The Hall–Kier alpha value is -3.21. The van der Waals surface area contributed by atoms with Gasteiger partial charge in [0, 0.05) is 11.8 Å². The fourth-order valence-corrected chi connectivity index (χ4v) is 3.02. The molecule has 0 atom stereocenters. The molecule has 152 valence electrons. The summed E-state index contributed by atoms with van der Waals surface area (Å²) >= 11 is 0. The number of nitrogens with zero attached hydrogens (tertiary/aromatic N) is 2. The molecule has 0 unspecified atom stereocenters. The Kier molecular flexibility index (Phi) is 5.42. The summed E-state index contributed by atoms with van der Waals surface area (Å²) in [6.07, 6.45) is -3.19. The number of anilines is 1. The molecule has 0 saturated carbocycles. The molecule has 1 aromatic heterocycles. The molecule has 0 spiro atoms. The second kappa shape index (κ2) is 7.66. The molecular weight excluding hydrogens is 411 g/mol. The maximum atomic E-state index is 12.6.